The number of halogens is 2. The van der Waals surface area contributed by atoms with Crippen LogP contribution in [-0.2, 0) is 16.4 Å². The molecular weight excluding hydrogens is 368 g/mol. The van der Waals surface area contributed by atoms with E-state index in [0.717, 1.165) is 11.1 Å². The molecule has 1 atom stereocenters. The van der Waals surface area contributed by atoms with Crippen molar-refractivity contribution in [3.63, 3.8) is 0 Å². The number of allylic oxidation sites excluding steroid dienone is 4. The molecule has 3 rings (SSSR count). The van der Waals surface area contributed by atoms with Crippen molar-refractivity contribution < 1.29 is 17.2 Å². The van der Waals surface area contributed by atoms with Crippen molar-refractivity contribution in [1.29, 1.82) is 0 Å². The summed E-state index contributed by atoms with van der Waals surface area (Å²) in [7, 11) is -4.36. The molecule has 0 fully saturated rings. The van der Waals surface area contributed by atoms with E-state index in [1.165, 1.54) is 18.2 Å². The van der Waals surface area contributed by atoms with Crippen LogP contribution in [0.25, 0.3) is 0 Å². The van der Waals surface area contributed by atoms with Crippen LogP contribution in [0.1, 0.15) is 17.5 Å². The first kappa shape index (κ1) is 19.3. The van der Waals surface area contributed by atoms with Gasteiger partial charge in [-0.05, 0) is 43.5 Å². The summed E-state index contributed by atoms with van der Waals surface area (Å²) in [6.45, 7) is -1.35. The van der Waals surface area contributed by atoms with Crippen molar-refractivity contribution in [3.8, 4) is 0 Å². The monoisotopic (exact) mass is 389 g/mol. The van der Waals surface area contributed by atoms with E-state index >= 15 is 0 Å². The smallest absolute Gasteiger partial charge is 0.210 e. The average Bonchev–Trinajstić information content (AvgIpc) is 2.64. The van der Waals surface area contributed by atoms with Crippen LogP contribution < -0.4 is 0 Å². The summed E-state index contributed by atoms with van der Waals surface area (Å²) < 4.78 is 54.1. The fraction of sp³-hybridized carbons (Fsp3) is 0.238. The van der Waals surface area contributed by atoms with Gasteiger partial charge in [-0.1, -0.05) is 60.2 Å². The van der Waals surface area contributed by atoms with Crippen molar-refractivity contribution in [2.24, 2.45) is 5.92 Å². The average molecular weight is 389 g/mol. The number of alkyl halides is 2. The molecule has 0 radical (unpaired) electrons. The maximum absolute atomic E-state index is 13.9. The first-order valence-electron chi connectivity index (χ1n) is 8.69. The zero-order valence-electron chi connectivity index (χ0n) is 14.9. The number of hydrogen-bond donors (Lipinski definition) is 0. The van der Waals surface area contributed by atoms with E-state index in [-0.39, 0.29) is 20.8 Å². The van der Waals surface area contributed by atoms with Gasteiger partial charge in [0, 0.05) is 11.6 Å². The van der Waals surface area contributed by atoms with Gasteiger partial charge < -0.3 is 0 Å². The summed E-state index contributed by atoms with van der Waals surface area (Å²) in [5.41, 5.74) is 1.96. The molecule has 2 aromatic rings. The van der Waals surface area contributed by atoms with Gasteiger partial charge in [-0.15, -0.1) is 0 Å². The Morgan fingerprint density at radius 3 is 2.37 bits per heavy atom. The van der Waals surface area contributed by atoms with Crippen molar-refractivity contribution in [1.82, 2.24) is 4.31 Å². The second-order valence-corrected chi connectivity index (χ2v) is 8.35. The molecule has 0 saturated heterocycles. The second kappa shape index (κ2) is 8.05. The van der Waals surface area contributed by atoms with Crippen LogP contribution in [0.5, 0.6) is 0 Å². The molecule has 6 heteroatoms. The first-order valence-corrected chi connectivity index (χ1v) is 10.1. The minimum Gasteiger partial charge on any atom is -0.210 e. The molecule has 0 aromatic heterocycles. The number of benzene rings is 2. The SMILES string of the molecule is Cc1ccc(S(=O)(=O)N(C2=CC=CC[C@H]2Cc2ccccc2)C(F)F)cc1. The van der Waals surface area contributed by atoms with Gasteiger partial charge >= 0.3 is 6.55 Å². The number of sulfonamides is 1. The lowest BCUT2D eigenvalue weighted by molar-refractivity contribution is 0.0441. The Bertz CT molecular complexity index is 936. The summed E-state index contributed by atoms with van der Waals surface area (Å²) >= 11 is 0. The fourth-order valence-electron chi connectivity index (χ4n) is 3.19. The van der Waals surface area contributed by atoms with Gasteiger partial charge in [0.25, 0.3) is 10.0 Å². The standard InChI is InChI=1S/C21H21F2NO2S/c1-16-11-13-19(14-12-16)27(25,26)24(21(22)23)20-10-6-5-9-18(20)15-17-7-3-2-4-8-17/h2-8,10-14,18,21H,9,15H2,1H3/t18-/m0/s1. The molecule has 0 N–H and O–H groups in total. The Morgan fingerprint density at radius 1 is 1.07 bits per heavy atom. The highest BCUT2D eigenvalue weighted by molar-refractivity contribution is 7.89. The van der Waals surface area contributed by atoms with E-state index in [9.17, 15) is 17.2 Å². The highest BCUT2D eigenvalue weighted by Gasteiger charge is 2.36. The molecule has 1 aliphatic rings. The van der Waals surface area contributed by atoms with Crippen LogP contribution in [0.4, 0.5) is 8.78 Å². The largest absolute Gasteiger partial charge is 0.327 e. The highest BCUT2D eigenvalue weighted by Crippen LogP contribution is 2.34. The van der Waals surface area contributed by atoms with E-state index in [4.69, 9.17) is 0 Å². The Hall–Kier alpha value is -2.47. The topological polar surface area (TPSA) is 37.4 Å². The maximum atomic E-state index is 13.9. The van der Waals surface area contributed by atoms with Crippen LogP contribution in [0.15, 0.2) is 83.4 Å². The molecule has 0 heterocycles. The van der Waals surface area contributed by atoms with Gasteiger partial charge in [0.2, 0.25) is 0 Å². The Balaban J connectivity index is 1.98. The van der Waals surface area contributed by atoms with Gasteiger partial charge in [-0.3, -0.25) is 0 Å². The van der Waals surface area contributed by atoms with Crippen molar-refractivity contribution in [2.45, 2.75) is 31.2 Å². The highest BCUT2D eigenvalue weighted by atomic mass is 32.2. The number of aryl methyl sites for hydroxylation is 1. The van der Waals surface area contributed by atoms with Crippen LogP contribution in [0, 0.1) is 12.8 Å². The zero-order chi connectivity index (χ0) is 19.4. The summed E-state index contributed by atoms with van der Waals surface area (Å²) in [4.78, 5) is -0.137. The van der Waals surface area contributed by atoms with Crippen LogP contribution in [0.2, 0.25) is 0 Å². The Kier molecular flexibility index (Phi) is 5.75. The van der Waals surface area contributed by atoms with Crippen LogP contribution in [-0.4, -0.2) is 19.3 Å². The Morgan fingerprint density at radius 2 is 1.74 bits per heavy atom. The normalized spacial score (nSPS) is 17.0. The molecule has 0 aliphatic heterocycles. The summed E-state index contributed by atoms with van der Waals surface area (Å²) in [6.07, 6.45) is 5.99. The quantitative estimate of drug-likeness (QED) is 0.658. The lowest BCUT2D eigenvalue weighted by Crippen LogP contribution is -2.38. The molecule has 0 spiro atoms. The van der Waals surface area contributed by atoms with Crippen molar-refractivity contribution in [2.75, 3.05) is 0 Å². The van der Waals surface area contributed by atoms with Crippen molar-refractivity contribution >= 4 is 10.0 Å². The third kappa shape index (κ3) is 4.27. The van der Waals surface area contributed by atoms with Gasteiger partial charge in [0.1, 0.15) is 0 Å². The summed E-state index contributed by atoms with van der Waals surface area (Å²) in [5, 5.41) is 0. The third-order valence-electron chi connectivity index (χ3n) is 4.58. The molecule has 0 saturated carbocycles. The number of hydrogen-bond acceptors (Lipinski definition) is 2. The lowest BCUT2D eigenvalue weighted by atomic mass is 9.90. The van der Waals surface area contributed by atoms with Crippen LogP contribution >= 0.6 is 0 Å². The van der Waals surface area contributed by atoms with Crippen molar-refractivity contribution in [3.05, 3.63) is 89.6 Å². The number of rotatable bonds is 6. The van der Waals surface area contributed by atoms with Gasteiger partial charge in [0.15, 0.2) is 0 Å². The second-order valence-electron chi connectivity index (χ2n) is 6.53. The molecule has 2 aromatic carbocycles. The summed E-state index contributed by atoms with van der Waals surface area (Å²) in [5.74, 6) is -0.341. The zero-order valence-corrected chi connectivity index (χ0v) is 15.7. The molecule has 0 unspecified atom stereocenters. The van der Waals surface area contributed by atoms with E-state index < -0.39 is 16.6 Å². The van der Waals surface area contributed by atoms with E-state index in [1.54, 1.807) is 18.2 Å². The van der Waals surface area contributed by atoms with Crippen LogP contribution in [0.3, 0.4) is 0 Å². The molecule has 142 valence electrons. The van der Waals surface area contributed by atoms with E-state index in [1.807, 2.05) is 43.3 Å². The third-order valence-corrected chi connectivity index (χ3v) is 6.33. The molecule has 27 heavy (non-hydrogen) atoms. The first-order chi connectivity index (χ1) is 12.9. The minimum atomic E-state index is -4.36. The maximum Gasteiger partial charge on any atom is 0.327 e. The lowest BCUT2D eigenvalue weighted by Gasteiger charge is -2.32. The van der Waals surface area contributed by atoms with E-state index in [0.29, 0.717) is 12.8 Å². The van der Waals surface area contributed by atoms with Gasteiger partial charge in [0.05, 0.1) is 4.90 Å². The molecule has 1 aliphatic carbocycles. The minimum absolute atomic E-state index is 0.122. The van der Waals surface area contributed by atoms with E-state index in [2.05, 4.69) is 0 Å². The Labute approximate surface area is 158 Å². The molecule has 3 nitrogen and oxygen atoms in total. The summed E-state index contributed by atoms with van der Waals surface area (Å²) in [6, 6.07) is 15.4. The predicted octanol–water partition coefficient (Wildman–Crippen LogP) is 4.91. The van der Waals surface area contributed by atoms with Gasteiger partial charge in [-0.25, -0.2) is 12.7 Å². The van der Waals surface area contributed by atoms with Gasteiger partial charge in [-0.2, -0.15) is 8.78 Å². The molecular formula is C21H21F2NO2S. The predicted molar refractivity (Wildman–Crippen MR) is 102 cm³/mol. The fourth-order valence-corrected chi connectivity index (χ4v) is 4.59. The molecule has 0 bridgehead atoms. The number of nitrogens with zero attached hydrogens (tertiary/aromatic N) is 1. The molecule has 0 amide bonds.